The first-order valence-corrected chi connectivity index (χ1v) is 11.4. The fraction of sp³-hybridized carbons (Fsp3) is 0.652. The Labute approximate surface area is 198 Å². The third kappa shape index (κ3) is 5.74. The van der Waals surface area contributed by atoms with Crippen molar-refractivity contribution < 1.29 is 40.7 Å². The van der Waals surface area contributed by atoms with Crippen molar-refractivity contribution >= 4 is 11.8 Å². The minimum atomic E-state index is -4.68. The molecule has 3 fully saturated rings. The monoisotopic (exact) mass is 507 g/mol. The molecule has 0 spiro atoms. The maximum atomic E-state index is 13.8. The van der Waals surface area contributed by atoms with E-state index in [1.165, 1.54) is 7.05 Å². The molecule has 6 nitrogen and oxygen atoms in total. The second-order valence-electron chi connectivity index (χ2n) is 9.64. The third-order valence-corrected chi connectivity index (χ3v) is 6.96. The van der Waals surface area contributed by atoms with Crippen molar-refractivity contribution in [3.63, 3.8) is 0 Å². The maximum Gasteiger partial charge on any atom is 0.416 e. The lowest BCUT2D eigenvalue weighted by molar-refractivity contribution is -0.185. The number of fused-ring (bicyclic) bond motifs is 1. The molecule has 1 unspecified atom stereocenters. The zero-order valence-corrected chi connectivity index (χ0v) is 19.1. The number of nitrogens with zero attached hydrogens (tertiary/aromatic N) is 3. The maximum absolute atomic E-state index is 13.8. The standard InChI is InChI=1S/C23H27F6N3O3/c1-30(20(23(27,28)29)15-2-4-17(5-3-15)22(24,25)26)9-14-10-32(11-14)21(34)31-7-6-19-16(12-31)8-18(33)13-35-19/h2-5,14,16,19-20H,6-13H2,1H3/t16-,19+,20?/m1/s1. The number of halogens is 6. The second kappa shape index (κ2) is 9.61. The average Bonchev–Trinajstić information content (AvgIpc) is 2.74. The second-order valence-corrected chi connectivity index (χ2v) is 9.64. The van der Waals surface area contributed by atoms with E-state index in [1.807, 2.05) is 0 Å². The van der Waals surface area contributed by atoms with Gasteiger partial charge in [-0.05, 0) is 31.2 Å². The van der Waals surface area contributed by atoms with Crippen LogP contribution >= 0.6 is 0 Å². The Kier molecular flexibility index (Phi) is 7.07. The molecule has 0 N–H and O–H groups in total. The molecule has 3 aliphatic rings. The summed E-state index contributed by atoms with van der Waals surface area (Å²) in [5.41, 5.74) is -1.28. The Hall–Kier alpha value is -2.34. The van der Waals surface area contributed by atoms with Crippen LogP contribution in [0.4, 0.5) is 31.1 Å². The number of ether oxygens (including phenoxy) is 1. The Bertz CT molecular complexity index is 930. The van der Waals surface area contributed by atoms with Crippen molar-refractivity contribution in [3.8, 4) is 0 Å². The van der Waals surface area contributed by atoms with E-state index in [2.05, 4.69) is 0 Å². The van der Waals surface area contributed by atoms with E-state index in [-0.39, 0.29) is 48.5 Å². The lowest BCUT2D eigenvalue weighted by Crippen LogP contribution is -2.60. The van der Waals surface area contributed by atoms with Crippen LogP contribution in [0.2, 0.25) is 0 Å². The van der Waals surface area contributed by atoms with Crippen LogP contribution in [0.25, 0.3) is 0 Å². The number of urea groups is 1. The molecule has 0 bridgehead atoms. The zero-order valence-electron chi connectivity index (χ0n) is 19.1. The number of likely N-dealkylation sites (tertiary alicyclic amines) is 2. The smallest absolute Gasteiger partial charge is 0.370 e. The molecule has 0 saturated carbocycles. The molecule has 1 aromatic carbocycles. The predicted octanol–water partition coefficient (Wildman–Crippen LogP) is 3.97. The summed E-state index contributed by atoms with van der Waals surface area (Å²) < 4.78 is 85.3. The summed E-state index contributed by atoms with van der Waals surface area (Å²) in [5.74, 6) is -0.214. The van der Waals surface area contributed by atoms with Crippen LogP contribution in [0.15, 0.2) is 24.3 Å². The van der Waals surface area contributed by atoms with Gasteiger partial charge in [0, 0.05) is 51.0 Å². The van der Waals surface area contributed by atoms with Gasteiger partial charge in [-0.15, -0.1) is 0 Å². The van der Waals surface area contributed by atoms with Gasteiger partial charge in [-0.2, -0.15) is 26.3 Å². The molecule has 2 amide bonds. The zero-order chi connectivity index (χ0) is 25.5. The first kappa shape index (κ1) is 25.7. The number of ketones is 1. The largest absolute Gasteiger partial charge is 0.416 e. The van der Waals surface area contributed by atoms with E-state index >= 15 is 0 Å². The van der Waals surface area contributed by atoms with E-state index < -0.39 is 24.0 Å². The Morgan fingerprint density at radius 3 is 2.34 bits per heavy atom. The quantitative estimate of drug-likeness (QED) is 0.579. The van der Waals surface area contributed by atoms with Gasteiger partial charge in [-0.3, -0.25) is 9.69 Å². The van der Waals surface area contributed by atoms with E-state index in [9.17, 15) is 35.9 Å². The van der Waals surface area contributed by atoms with Crippen LogP contribution in [-0.2, 0) is 15.7 Å². The van der Waals surface area contributed by atoms with Crippen LogP contribution in [-0.4, -0.2) is 85.2 Å². The van der Waals surface area contributed by atoms with E-state index in [0.717, 1.165) is 17.0 Å². The van der Waals surface area contributed by atoms with Crippen molar-refractivity contribution in [2.24, 2.45) is 11.8 Å². The molecule has 0 radical (unpaired) electrons. The highest BCUT2D eigenvalue weighted by Crippen LogP contribution is 2.39. The molecule has 1 aromatic rings. The Balaban J connectivity index is 1.32. The van der Waals surface area contributed by atoms with Gasteiger partial charge < -0.3 is 14.5 Å². The molecule has 0 aliphatic carbocycles. The molecular weight excluding hydrogens is 480 g/mol. The highest BCUT2D eigenvalue weighted by molar-refractivity contribution is 5.81. The number of piperidine rings is 1. The van der Waals surface area contributed by atoms with Crippen molar-refractivity contribution in [1.82, 2.24) is 14.7 Å². The van der Waals surface area contributed by atoms with Crippen molar-refractivity contribution in [3.05, 3.63) is 35.4 Å². The summed E-state index contributed by atoms with van der Waals surface area (Å²) in [5, 5.41) is 0. The average molecular weight is 507 g/mol. The first-order valence-electron chi connectivity index (χ1n) is 11.4. The minimum Gasteiger partial charge on any atom is -0.370 e. The van der Waals surface area contributed by atoms with Crippen molar-refractivity contribution in [2.45, 2.75) is 37.3 Å². The number of hydrogen-bond donors (Lipinski definition) is 0. The molecule has 3 saturated heterocycles. The summed E-state index contributed by atoms with van der Waals surface area (Å²) in [6.07, 6.45) is -8.32. The van der Waals surface area contributed by atoms with E-state index in [0.29, 0.717) is 51.2 Å². The van der Waals surface area contributed by atoms with Crippen LogP contribution < -0.4 is 0 Å². The number of rotatable bonds is 4. The van der Waals surface area contributed by atoms with E-state index in [1.54, 1.807) is 9.80 Å². The van der Waals surface area contributed by atoms with Gasteiger partial charge in [0.05, 0.1) is 11.7 Å². The molecular formula is C23H27F6N3O3. The van der Waals surface area contributed by atoms with Crippen LogP contribution in [0.1, 0.15) is 30.0 Å². The van der Waals surface area contributed by atoms with Crippen LogP contribution in [0, 0.1) is 11.8 Å². The van der Waals surface area contributed by atoms with Gasteiger partial charge in [0.2, 0.25) is 0 Å². The molecule has 35 heavy (non-hydrogen) atoms. The number of benzene rings is 1. The molecule has 3 aliphatic heterocycles. The summed E-state index contributed by atoms with van der Waals surface area (Å²) >= 11 is 0. The van der Waals surface area contributed by atoms with Crippen LogP contribution in [0.5, 0.6) is 0 Å². The fourth-order valence-corrected chi connectivity index (χ4v) is 5.25. The van der Waals surface area contributed by atoms with E-state index in [4.69, 9.17) is 4.74 Å². The number of Topliss-reactive ketones (excluding diaryl/α,β-unsaturated/α-hetero) is 1. The van der Waals surface area contributed by atoms with Gasteiger partial charge in [0.1, 0.15) is 12.6 Å². The van der Waals surface area contributed by atoms with Crippen molar-refractivity contribution in [1.29, 1.82) is 0 Å². The predicted molar refractivity (Wildman–Crippen MR) is 112 cm³/mol. The summed E-state index contributed by atoms with van der Waals surface area (Å²) in [6.45, 7) is 1.64. The number of alkyl halides is 6. The topological polar surface area (TPSA) is 53.1 Å². The summed E-state index contributed by atoms with van der Waals surface area (Å²) in [4.78, 5) is 28.8. The van der Waals surface area contributed by atoms with Gasteiger partial charge >= 0.3 is 18.4 Å². The highest BCUT2D eigenvalue weighted by atomic mass is 19.4. The number of hydrogen-bond acceptors (Lipinski definition) is 4. The number of carbonyl (C=O) groups excluding carboxylic acids is 2. The lowest BCUT2D eigenvalue weighted by Gasteiger charge is -2.47. The number of amides is 2. The fourth-order valence-electron chi connectivity index (χ4n) is 5.25. The molecule has 4 rings (SSSR count). The SMILES string of the molecule is CN(CC1CN(C(=O)N2CC[C@@H]3OCC(=O)C[C@@H]3C2)C1)C(c1ccc(C(F)(F)F)cc1)C(F)(F)F. The normalized spacial score (nSPS) is 24.9. The first-order chi connectivity index (χ1) is 16.3. The third-order valence-electron chi connectivity index (χ3n) is 6.96. The van der Waals surface area contributed by atoms with Crippen molar-refractivity contribution in [2.75, 3.05) is 46.4 Å². The molecule has 3 atom stereocenters. The van der Waals surface area contributed by atoms with Gasteiger partial charge in [0.15, 0.2) is 5.78 Å². The lowest BCUT2D eigenvalue weighted by atomic mass is 9.88. The Morgan fingerprint density at radius 2 is 1.74 bits per heavy atom. The summed E-state index contributed by atoms with van der Waals surface area (Å²) in [7, 11) is 1.28. The summed E-state index contributed by atoms with van der Waals surface area (Å²) in [6, 6.07) is 0.766. The van der Waals surface area contributed by atoms with Gasteiger partial charge in [-0.1, -0.05) is 12.1 Å². The van der Waals surface area contributed by atoms with Gasteiger partial charge in [0.25, 0.3) is 0 Å². The van der Waals surface area contributed by atoms with Crippen LogP contribution in [0.3, 0.4) is 0 Å². The Morgan fingerprint density at radius 1 is 1.09 bits per heavy atom. The molecule has 12 heteroatoms. The van der Waals surface area contributed by atoms with Gasteiger partial charge in [-0.25, -0.2) is 4.79 Å². The number of carbonyl (C=O) groups is 2. The highest BCUT2D eigenvalue weighted by Gasteiger charge is 2.46. The molecule has 3 heterocycles. The molecule has 194 valence electrons. The molecule has 0 aromatic heterocycles. The minimum absolute atomic E-state index is 0.0138.